The second-order valence-electron chi connectivity index (χ2n) is 4.58. The number of anilines is 1. The molecule has 1 amide bonds. The van der Waals surface area contributed by atoms with E-state index in [0.29, 0.717) is 22.7 Å². The predicted octanol–water partition coefficient (Wildman–Crippen LogP) is 2.44. The number of aromatic nitrogens is 2. The van der Waals surface area contributed by atoms with Gasteiger partial charge in [0.05, 0.1) is 11.4 Å². The van der Waals surface area contributed by atoms with Gasteiger partial charge in [0.25, 0.3) is 5.91 Å². The van der Waals surface area contributed by atoms with Crippen LogP contribution < -0.4 is 10.1 Å². The number of rotatable bonds is 1. The summed E-state index contributed by atoms with van der Waals surface area (Å²) in [6, 6.07) is 5.74. The molecule has 0 radical (unpaired) electrons. The van der Waals surface area contributed by atoms with Gasteiger partial charge >= 0.3 is 6.18 Å². The molecule has 0 unspecified atom stereocenters. The largest absolute Gasteiger partial charge is 0.482 e. The van der Waals surface area contributed by atoms with E-state index in [1.54, 1.807) is 18.2 Å². The smallest absolute Gasteiger partial charge is 0.435 e. The van der Waals surface area contributed by atoms with Crippen LogP contribution in [-0.4, -0.2) is 22.3 Å². The molecular formula is C13H10F3N3O2. The molecule has 5 nitrogen and oxygen atoms in total. The highest BCUT2D eigenvalue weighted by molar-refractivity contribution is 5.95. The van der Waals surface area contributed by atoms with Crippen LogP contribution in [0, 0.1) is 0 Å². The summed E-state index contributed by atoms with van der Waals surface area (Å²) in [6.07, 6.45) is -4.49. The number of fused-ring (bicyclic) bond motifs is 1. The third-order valence-corrected chi connectivity index (χ3v) is 3.08. The van der Waals surface area contributed by atoms with Crippen LogP contribution in [0.4, 0.5) is 18.9 Å². The third kappa shape index (κ3) is 2.44. The highest BCUT2D eigenvalue weighted by Crippen LogP contribution is 2.35. The molecule has 0 bridgehead atoms. The molecule has 0 aliphatic carbocycles. The van der Waals surface area contributed by atoms with E-state index in [4.69, 9.17) is 4.74 Å². The maximum atomic E-state index is 12.7. The van der Waals surface area contributed by atoms with Crippen molar-refractivity contribution in [2.24, 2.45) is 7.05 Å². The molecule has 0 fully saturated rings. The number of nitrogens with zero attached hydrogens (tertiary/aromatic N) is 2. The van der Waals surface area contributed by atoms with E-state index in [1.165, 1.54) is 7.05 Å². The van der Waals surface area contributed by atoms with Crippen molar-refractivity contribution >= 4 is 11.6 Å². The van der Waals surface area contributed by atoms with Crippen molar-refractivity contribution in [3.63, 3.8) is 0 Å². The molecule has 2 heterocycles. The van der Waals surface area contributed by atoms with E-state index >= 15 is 0 Å². The number of alkyl halides is 3. The molecule has 2 aromatic rings. The Labute approximate surface area is 117 Å². The molecule has 0 saturated heterocycles. The van der Waals surface area contributed by atoms with E-state index in [2.05, 4.69) is 10.4 Å². The number of benzene rings is 1. The van der Waals surface area contributed by atoms with Crippen molar-refractivity contribution in [1.29, 1.82) is 0 Å². The van der Waals surface area contributed by atoms with Crippen molar-refractivity contribution in [1.82, 2.24) is 9.78 Å². The number of ether oxygens (including phenoxy) is 1. The molecule has 21 heavy (non-hydrogen) atoms. The summed E-state index contributed by atoms with van der Waals surface area (Å²) in [5.74, 6) is 0.150. The molecule has 1 N–H and O–H groups in total. The number of aryl methyl sites for hydroxylation is 1. The summed E-state index contributed by atoms with van der Waals surface area (Å²) in [6.45, 7) is -0.115. The van der Waals surface area contributed by atoms with Crippen LogP contribution in [0.2, 0.25) is 0 Å². The zero-order valence-corrected chi connectivity index (χ0v) is 10.9. The fraction of sp³-hybridized carbons (Fsp3) is 0.231. The lowest BCUT2D eigenvalue weighted by atomic mass is 10.1. The van der Waals surface area contributed by atoms with Gasteiger partial charge in [0.1, 0.15) is 5.75 Å². The molecule has 110 valence electrons. The number of nitrogens with one attached hydrogen (secondary N) is 1. The van der Waals surface area contributed by atoms with E-state index in [-0.39, 0.29) is 12.5 Å². The highest BCUT2D eigenvalue weighted by atomic mass is 19.4. The molecular weight excluding hydrogens is 287 g/mol. The van der Waals surface area contributed by atoms with Gasteiger partial charge in [-0.15, -0.1) is 0 Å². The average Bonchev–Trinajstić information content (AvgIpc) is 2.80. The maximum absolute atomic E-state index is 12.7. The summed E-state index contributed by atoms with van der Waals surface area (Å²) in [7, 11) is 1.44. The van der Waals surface area contributed by atoms with Crippen molar-refractivity contribution < 1.29 is 22.7 Å². The van der Waals surface area contributed by atoms with Gasteiger partial charge in [-0.1, -0.05) is 6.07 Å². The van der Waals surface area contributed by atoms with Gasteiger partial charge in [0.2, 0.25) is 0 Å². The second-order valence-corrected chi connectivity index (χ2v) is 4.58. The Morgan fingerprint density at radius 3 is 2.76 bits per heavy atom. The second kappa shape index (κ2) is 4.51. The quantitative estimate of drug-likeness (QED) is 0.879. The van der Waals surface area contributed by atoms with Crippen molar-refractivity contribution in [2.45, 2.75) is 6.18 Å². The normalized spacial score (nSPS) is 14.4. The van der Waals surface area contributed by atoms with Gasteiger partial charge in [-0.05, 0) is 18.2 Å². The zero-order valence-electron chi connectivity index (χ0n) is 10.9. The lowest BCUT2D eigenvalue weighted by molar-refractivity contribution is -0.141. The predicted molar refractivity (Wildman–Crippen MR) is 67.8 cm³/mol. The standard InChI is InChI=1S/C13H10F3N3O2/c1-19-9(5-11(18-19)13(14,15)16)7-2-3-8-10(4-7)21-6-12(20)17-8/h2-5H,6H2,1H3,(H,17,20). The number of carbonyl (C=O) groups excluding carboxylic acids is 1. The first-order chi connectivity index (χ1) is 9.84. The summed E-state index contributed by atoms with van der Waals surface area (Å²) in [5.41, 5.74) is 0.376. The monoisotopic (exact) mass is 297 g/mol. The van der Waals surface area contributed by atoms with Gasteiger partial charge in [-0.2, -0.15) is 18.3 Å². The zero-order chi connectivity index (χ0) is 15.2. The van der Waals surface area contributed by atoms with Gasteiger partial charge < -0.3 is 10.1 Å². The highest BCUT2D eigenvalue weighted by Gasteiger charge is 2.34. The minimum absolute atomic E-state index is 0.115. The van der Waals surface area contributed by atoms with Crippen molar-refractivity contribution in [3.8, 4) is 17.0 Å². The van der Waals surface area contributed by atoms with Gasteiger partial charge in [-0.25, -0.2) is 0 Å². The Balaban J connectivity index is 2.02. The average molecular weight is 297 g/mol. The Kier molecular flexibility index (Phi) is 2.89. The molecule has 1 aliphatic rings. The molecule has 8 heteroatoms. The molecule has 1 aromatic heterocycles. The Hall–Kier alpha value is -2.51. The number of amides is 1. The van der Waals surface area contributed by atoms with Crippen LogP contribution in [-0.2, 0) is 18.0 Å². The number of halogens is 3. The van der Waals surface area contributed by atoms with Crippen molar-refractivity contribution in [2.75, 3.05) is 11.9 Å². The topological polar surface area (TPSA) is 56.2 Å². The Bertz CT molecular complexity index is 722. The molecule has 0 saturated carbocycles. The lowest BCUT2D eigenvalue weighted by Crippen LogP contribution is -2.25. The first kappa shape index (κ1) is 13.5. The summed E-state index contributed by atoms with van der Waals surface area (Å²) in [5, 5.41) is 6.08. The van der Waals surface area contributed by atoms with Gasteiger partial charge in [0, 0.05) is 12.6 Å². The molecule has 1 aromatic carbocycles. The summed E-state index contributed by atoms with van der Waals surface area (Å²) in [4.78, 5) is 11.2. The van der Waals surface area contributed by atoms with E-state index in [1.807, 2.05) is 0 Å². The fourth-order valence-electron chi connectivity index (χ4n) is 2.11. The SMILES string of the molecule is Cn1nc(C(F)(F)F)cc1-c1ccc2c(c1)OCC(=O)N2. The summed E-state index contributed by atoms with van der Waals surface area (Å²) < 4.78 is 44.4. The Morgan fingerprint density at radius 2 is 2.10 bits per heavy atom. The number of hydrogen-bond donors (Lipinski definition) is 1. The maximum Gasteiger partial charge on any atom is 0.435 e. The van der Waals surface area contributed by atoms with E-state index in [0.717, 1.165) is 10.7 Å². The van der Waals surface area contributed by atoms with E-state index in [9.17, 15) is 18.0 Å². The minimum Gasteiger partial charge on any atom is -0.482 e. The first-order valence-electron chi connectivity index (χ1n) is 6.03. The summed E-state index contributed by atoms with van der Waals surface area (Å²) >= 11 is 0. The van der Waals surface area contributed by atoms with Crippen LogP contribution >= 0.6 is 0 Å². The van der Waals surface area contributed by atoms with Crippen molar-refractivity contribution in [3.05, 3.63) is 30.0 Å². The third-order valence-electron chi connectivity index (χ3n) is 3.08. The lowest BCUT2D eigenvalue weighted by Gasteiger charge is -2.18. The van der Waals surface area contributed by atoms with Crippen LogP contribution in [0.3, 0.4) is 0 Å². The van der Waals surface area contributed by atoms with E-state index < -0.39 is 11.9 Å². The van der Waals surface area contributed by atoms with Crippen LogP contribution in [0.1, 0.15) is 5.69 Å². The van der Waals surface area contributed by atoms with Crippen LogP contribution in [0.15, 0.2) is 24.3 Å². The van der Waals surface area contributed by atoms with Gasteiger partial charge in [-0.3, -0.25) is 9.48 Å². The van der Waals surface area contributed by atoms with Crippen LogP contribution in [0.25, 0.3) is 11.3 Å². The first-order valence-corrected chi connectivity index (χ1v) is 6.03. The van der Waals surface area contributed by atoms with Crippen LogP contribution in [0.5, 0.6) is 5.75 Å². The minimum atomic E-state index is -4.49. The van der Waals surface area contributed by atoms with Gasteiger partial charge in [0.15, 0.2) is 12.3 Å². The number of hydrogen-bond acceptors (Lipinski definition) is 3. The molecule has 3 rings (SSSR count). The Morgan fingerprint density at radius 1 is 1.33 bits per heavy atom. The molecule has 0 atom stereocenters. The molecule has 0 spiro atoms. The fourth-order valence-corrected chi connectivity index (χ4v) is 2.11. The molecule has 1 aliphatic heterocycles. The number of carbonyl (C=O) groups is 1.